The Labute approximate surface area is 188 Å². The highest BCUT2D eigenvalue weighted by molar-refractivity contribution is 6.30. The Hall–Kier alpha value is -3.71. The van der Waals surface area contributed by atoms with Crippen LogP contribution in [0.2, 0.25) is 5.02 Å². The maximum atomic E-state index is 13.8. The Morgan fingerprint density at radius 2 is 1.78 bits per heavy atom. The molecule has 4 aromatic rings. The van der Waals surface area contributed by atoms with Crippen LogP contribution in [0.1, 0.15) is 21.5 Å². The van der Waals surface area contributed by atoms with E-state index >= 15 is 0 Å². The van der Waals surface area contributed by atoms with E-state index in [1.807, 2.05) is 36.4 Å². The normalized spacial score (nSPS) is 10.7. The Morgan fingerprint density at radius 3 is 2.53 bits per heavy atom. The van der Waals surface area contributed by atoms with Gasteiger partial charge in [-0.15, -0.1) is 0 Å². The number of carbonyl (C=O) groups is 1. The zero-order valence-electron chi connectivity index (χ0n) is 16.8. The molecule has 0 saturated carbocycles. The van der Waals surface area contributed by atoms with Crippen LogP contribution in [0, 0.1) is 11.6 Å². The molecule has 0 bridgehead atoms. The second-order valence-corrected chi connectivity index (χ2v) is 7.44. The van der Waals surface area contributed by atoms with Gasteiger partial charge in [-0.1, -0.05) is 54.1 Å². The average Bonchev–Trinajstić information content (AvgIpc) is 3.21. The van der Waals surface area contributed by atoms with Crippen LogP contribution in [0.15, 0.2) is 79.1 Å². The fourth-order valence-corrected chi connectivity index (χ4v) is 3.29. The van der Waals surface area contributed by atoms with E-state index in [1.54, 1.807) is 23.0 Å². The van der Waals surface area contributed by atoms with E-state index < -0.39 is 23.1 Å². The number of amides is 1. The van der Waals surface area contributed by atoms with E-state index in [1.165, 1.54) is 12.3 Å². The molecule has 1 N–H and O–H groups in total. The number of hydrogen-bond donors (Lipinski definition) is 1. The molecular formula is C24H18ClF2N3O2. The lowest BCUT2D eigenvalue weighted by molar-refractivity contribution is 0.101. The van der Waals surface area contributed by atoms with Crippen LogP contribution in [-0.4, -0.2) is 15.7 Å². The van der Waals surface area contributed by atoms with E-state index in [9.17, 15) is 13.6 Å². The summed E-state index contributed by atoms with van der Waals surface area (Å²) in [4.78, 5) is 12.3. The van der Waals surface area contributed by atoms with Crippen LogP contribution in [0.4, 0.5) is 14.5 Å². The Kier molecular flexibility index (Phi) is 6.47. The number of carbonyl (C=O) groups excluding carboxylic acids is 1. The van der Waals surface area contributed by atoms with Gasteiger partial charge < -0.3 is 10.1 Å². The van der Waals surface area contributed by atoms with Crippen molar-refractivity contribution in [1.82, 2.24) is 9.78 Å². The van der Waals surface area contributed by atoms with Gasteiger partial charge in [0.05, 0.1) is 18.4 Å². The summed E-state index contributed by atoms with van der Waals surface area (Å²) in [6.45, 7) is 0.716. The van der Waals surface area contributed by atoms with Gasteiger partial charge in [0.25, 0.3) is 5.91 Å². The predicted molar refractivity (Wildman–Crippen MR) is 118 cm³/mol. The van der Waals surface area contributed by atoms with Crippen molar-refractivity contribution < 1.29 is 18.3 Å². The first-order valence-electron chi connectivity index (χ1n) is 9.72. The van der Waals surface area contributed by atoms with Crippen LogP contribution in [0.3, 0.4) is 0 Å². The van der Waals surface area contributed by atoms with E-state index in [2.05, 4.69) is 10.4 Å². The molecule has 0 aliphatic rings. The van der Waals surface area contributed by atoms with Crippen molar-refractivity contribution >= 4 is 23.2 Å². The molecule has 0 atom stereocenters. The van der Waals surface area contributed by atoms with Crippen molar-refractivity contribution in [1.29, 1.82) is 0 Å². The number of aromatic nitrogens is 2. The standard InChI is InChI=1S/C24H18ClF2N3O2/c25-18-10-9-17(22(11-18)32-15-16-5-2-1-3-6-16)13-30-14-19(12-28-30)29-24(31)23-20(26)7-4-8-21(23)27/h1-12,14H,13,15H2,(H,29,31). The van der Waals surface area contributed by atoms with Crippen molar-refractivity contribution in [3.05, 3.63) is 112 Å². The second-order valence-electron chi connectivity index (χ2n) is 7.00. The first-order valence-corrected chi connectivity index (χ1v) is 10.1. The average molecular weight is 454 g/mol. The smallest absolute Gasteiger partial charge is 0.261 e. The minimum absolute atomic E-state index is 0.304. The number of anilines is 1. The van der Waals surface area contributed by atoms with Gasteiger partial charge in [0.2, 0.25) is 0 Å². The first-order chi connectivity index (χ1) is 15.5. The molecule has 5 nitrogen and oxygen atoms in total. The van der Waals surface area contributed by atoms with Crippen molar-refractivity contribution in [2.45, 2.75) is 13.2 Å². The molecule has 8 heteroatoms. The fraction of sp³-hybridized carbons (Fsp3) is 0.0833. The molecular weight excluding hydrogens is 436 g/mol. The molecule has 4 rings (SSSR count). The summed E-state index contributed by atoms with van der Waals surface area (Å²) in [5.41, 5.74) is 1.50. The summed E-state index contributed by atoms with van der Waals surface area (Å²) in [6, 6.07) is 18.3. The fourth-order valence-electron chi connectivity index (χ4n) is 3.13. The van der Waals surface area contributed by atoms with Crippen LogP contribution in [0.25, 0.3) is 0 Å². The molecule has 0 unspecified atom stereocenters. The number of halogens is 3. The molecule has 1 amide bonds. The third-order valence-electron chi connectivity index (χ3n) is 4.68. The molecule has 0 saturated heterocycles. The highest BCUT2D eigenvalue weighted by Gasteiger charge is 2.18. The van der Waals surface area contributed by atoms with Gasteiger partial charge in [-0.25, -0.2) is 8.78 Å². The zero-order chi connectivity index (χ0) is 22.5. The van der Waals surface area contributed by atoms with E-state index in [-0.39, 0.29) is 0 Å². The molecule has 0 radical (unpaired) electrons. The van der Waals surface area contributed by atoms with Gasteiger partial charge in [-0.3, -0.25) is 9.48 Å². The molecule has 0 aliphatic carbocycles. The second kappa shape index (κ2) is 9.62. The van der Waals surface area contributed by atoms with Crippen molar-refractivity contribution in [2.24, 2.45) is 0 Å². The van der Waals surface area contributed by atoms with E-state index in [4.69, 9.17) is 16.3 Å². The largest absolute Gasteiger partial charge is 0.488 e. The van der Waals surface area contributed by atoms with Crippen LogP contribution in [-0.2, 0) is 13.2 Å². The summed E-state index contributed by atoms with van der Waals surface area (Å²) in [7, 11) is 0. The quantitative estimate of drug-likeness (QED) is 0.391. The molecule has 3 aromatic carbocycles. The van der Waals surface area contributed by atoms with Crippen LogP contribution >= 0.6 is 11.6 Å². The number of nitrogens with one attached hydrogen (secondary N) is 1. The topological polar surface area (TPSA) is 56.2 Å². The third-order valence-corrected chi connectivity index (χ3v) is 4.91. The molecule has 1 aromatic heterocycles. The summed E-state index contributed by atoms with van der Waals surface area (Å²) >= 11 is 6.14. The highest BCUT2D eigenvalue weighted by Crippen LogP contribution is 2.26. The summed E-state index contributed by atoms with van der Waals surface area (Å²) in [5.74, 6) is -2.15. The lowest BCUT2D eigenvalue weighted by Gasteiger charge is -2.12. The minimum Gasteiger partial charge on any atom is -0.488 e. The van der Waals surface area contributed by atoms with Gasteiger partial charge in [0.15, 0.2) is 0 Å². The van der Waals surface area contributed by atoms with Gasteiger partial charge in [-0.2, -0.15) is 5.10 Å². The number of rotatable bonds is 7. The summed E-state index contributed by atoms with van der Waals surface area (Å²) in [5, 5.41) is 7.21. The van der Waals surface area contributed by atoms with Crippen molar-refractivity contribution in [2.75, 3.05) is 5.32 Å². The zero-order valence-corrected chi connectivity index (χ0v) is 17.5. The predicted octanol–water partition coefficient (Wildman–Crippen LogP) is 5.69. The van der Waals surface area contributed by atoms with E-state index in [0.29, 0.717) is 29.6 Å². The molecule has 162 valence electrons. The number of ether oxygens (including phenoxy) is 1. The Morgan fingerprint density at radius 1 is 1.03 bits per heavy atom. The lowest BCUT2D eigenvalue weighted by Crippen LogP contribution is -2.15. The number of hydrogen-bond acceptors (Lipinski definition) is 3. The maximum absolute atomic E-state index is 13.8. The lowest BCUT2D eigenvalue weighted by atomic mass is 10.2. The van der Waals surface area contributed by atoms with Crippen LogP contribution in [0.5, 0.6) is 5.75 Å². The molecule has 0 fully saturated rings. The van der Waals surface area contributed by atoms with Crippen molar-refractivity contribution in [3.8, 4) is 5.75 Å². The third kappa shape index (κ3) is 5.12. The number of benzene rings is 3. The minimum atomic E-state index is -0.934. The van der Waals surface area contributed by atoms with Gasteiger partial charge in [0.1, 0.15) is 29.6 Å². The maximum Gasteiger partial charge on any atom is 0.261 e. The first kappa shape index (κ1) is 21.5. The Balaban J connectivity index is 1.47. The van der Waals surface area contributed by atoms with E-state index in [0.717, 1.165) is 23.3 Å². The molecule has 1 heterocycles. The molecule has 0 aliphatic heterocycles. The van der Waals surface area contributed by atoms with Gasteiger partial charge in [0, 0.05) is 16.8 Å². The Bertz CT molecular complexity index is 1220. The van der Waals surface area contributed by atoms with Gasteiger partial charge >= 0.3 is 0 Å². The number of nitrogens with zero attached hydrogens (tertiary/aromatic N) is 2. The molecule has 0 spiro atoms. The monoisotopic (exact) mass is 453 g/mol. The van der Waals surface area contributed by atoms with Crippen molar-refractivity contribution in [3.63, 3.8) is 0 Å². The highest BCUT2D eigenvalue weighted by atomic mass is 35.5. The SMILES string of the molecule is O=C(Nc1cnn(Cc2ccc(Cl)cc2OCc2ccccc2)c1)c1c(F)cccc1F. The summed E-state index contributed by atoms with van der Waals surface area (Å²) < 4.78 is 35.2. The van der Waals surface area contributed by atoms with Gasteiger partial charge in [-0.05, 0) is 29.8 Å². The van der Waals surface area contributed by atoms with Crippen LogP contribution < -0.4 is 10.1 Å². The summed E-state index contributed by atoms with van der Waals surface area (Å²) in [6.07, 6.45) is 2.96. The molecule has 32 heavy (non-hydrogen) atoms.